The second-order valence-electron chi connectivity index (χ2n) is 6.06. The number of rotatable bonds is 3. The highest BCUT2D eigenvalue weighted by atomic mass is 32.2. The molecule has 1 aromatic carbocycles. The maximum Gasteiger partial charge on any atom is 0.263 e. The zero-order valence-corrected chi connectivity index (χ0v) is 15.1. The summed E-state index contributed by atoms with van der Waals surface area (Å²) in [4.78, 5) is 4.34. The Morgan fingerprint density at radius 1 is 1.25 bits per heavy atom. The largest absolute Gasteiger partial charge is 0.460 e. The Labute approximate surface area is 146 Å². The molecule has 2 aromatic rings. The minimum atomic E-state index is -3.70. The average Bonchev–Trinajstić information content (AvgIpc) is 2.47. The van der Waals surface area contributed by atoms with Crippen LogP contribution in [0.2, 0.25) is 0 Å². The molecule has 0 amide bonds. The molecule has 1 aliphatic heterocycles. The van der Waals surface area contributed by atoms with Gasteiger partial charge in [0.15, 0.2) is 0 Å². The van der Waals surface area contributed by atoms with Gasteiger partial charge in [-0.3, -0.25) is 4.72 Å². The van der Waals surface area contributed by atoms with E-state index in [1.165, 1.54) is 0 Å². The van der Waals surface area contributed by atoms with Gasteiger partial charge in [0.05, 0.1) is 16.8 Å². The number of nitrogens with zero attached hydrogens (tertiary/aromatic N) is 1. The molecule has 2 heterocycles. The van der Waals surface area contributed by atoms with Crippen molar-refractivity contribution in [1.82, 2.24) is 4.98 Å². The topological polar surface area (TPSA) is 80.3 Å². The van der Waals surface area contributed by atoms with Crippen LogP contribution in [0.15, 0.2) is 41.4 Å². The van der Waals surface area contributed by atoms with Crippen LogP contribution in [0.4, 0.5) is 11.5 Å². The van der Waals surface area contributed by atoms with Gasteiger partial charge in [0, 0.05) is 5.56 Å². The van der Waals surface area contributed by atoms with Gasteiger partial charge < -0.3 is 10.1 Å². The summed E-state index contributed by atoms with van der Waals surface area (Å²) in [6, 6.07) is 8.26. The molecule has 0 atom stereocenters. The SMILES string of the molecule is Cc1ccc(S(=O)(=O)Nc2cc3c(cn2)NC(=S)OC3(C)C)cc1. The predicted octanol–water partition coefficient (Wildman–Crippen LogP) is 3.15. The Kier molecular flexibility index (Phi) is 3.97. The monoisotopic (exact) mass is 363 g/mol. The van der Waals surface area contributed by atoms with Crippen molar-refractivity contribution < 1.29 is 13.2 Å². The highest BCUT2D eigenvalue weighted by Gasteiger charge is 2.32. The summed E-state index contributed by atoms with van der Waals surface area (Å²) in [7, 11) is -3.70. The van der Waals surface area contributed by atoms with E-state index in [0.717, 1.165) is 11.1 Å². The van der Waals surface area contributed by atoms with E-state index in [1.807, 2.05) is 20.8 Å². The lowest BCUT2D eigenvalue weighted by atomic mass is 9.96. The molecule has 126 valence electrons. The van der Waals surface area contributed by atoms with Gasteiger partial charge in [-0.2, -0.15) is 0 Å². The highest BCUT2D eigenvalue weighted by Crippen LogP contribution is 2.36. The molecule has 0 spiro atoms. The fourth-order valence-corrected chi connectivity index (χ4v) is 3.76. The molecule has 0 bridgehead atoms. The van der Waals surface area contributed by atoms with Crippen LogP contribution in [-0.2, 0) is 20.4 Å². The molecule has 0 unspecified atom stereocenters. The number of ether oxygens (including phenoxy) is 1. The third-order valence-electron chi connectivity index (χ3n) is 3.71. The summed E-state index contributed by atoms with van der Waals surface area (Å²) in [6.07, 6.45) is 1.54. The summed E-state index contributed by atoms with van der Waals surface area (Å²) in [5.41, 5.74) is 1.79. The summed E-state index contributed by atoms with van der Waals surface area (Å²) in [5.74, 6) is 0.223. The molecular formula is C16H17N3O3S2. The summed E-state index contributed by atoms with van der Waals surface area (Å²) in [5, 5.41) is 3.18. The van der Waals surface area contributed by atoms with Crippen LogP contribution in [-0.4, -0.2) is 18.6 Å². The maximum atomic E-state index is 12.5. The third-order valence-corrected chi connectivity index (χ3v) is 5.26. The van der Waals surface area contributed by atoms with E-state index in [-0.39, 0.29) is 15.9 Å². The van der Waals surface area contributed by atoms with E-state index < -0.39 is 15.6 Å². The van der Waals surface area contributed by atoms with E-state index in [9.17, 15) is 8.42 Å². The Bertz CT molecular complexity index is 907. The number of fused-ring (bicyclic) bond motifs is 1. The van der Waals surface area contributed by atoms with Gasteiger partial charge in [-0.15, -0.1) is 0 Å². The van der Waals surface area contributed by atoms with Crippen molar-refractivity contribution in [1.29, 1.82) is 0 Å². The lowest BCUT2D eigenvalue weighted by molar-refractivity contribution is 0.0946. The molecule has 8 heteroatoms. The molecule has 24 heavy (non-hydrogen) atoms. The first kappa shape index (κ1) is 16.7. The van der Waals surface area contributed by atoms with E-state index in [4.69, 9.17) is 17.0 Å². The highest BCUT2D eigenvalue weighted by molar-refractivity contribution is 7.92. The number of benzene rings is 1. The zero-order chi connectivity index (χ0) is 17.5. The number of pyridine rings is 1. The minimum absolute atomic E-state index is 0.183. The Balaban J connectivity index is 1.94. The molecular weight excluding hydrogens is 346 g/mol. The maximum absolute atomic E-state index is 12.5. The Morgan fingerprint density at radius 2 is 1.92 bits per heavy atom. The second kappa shape index (κ2) is 5.71. The smallest absolute Gasteiger partial charge is 0.263 e. The normalized spacial score (nSPS) is 15.9. The molecule has 0 saturated carbocycles. The first-order chi connectivity index (χ1) is 11.2. The van der Waals surface area contributed by atoms with Gasteiger partial charge in [0.2, 0.25) is 0 Å². The number of nitrogens with one attached hydrogen (secondary N) is 2. The summed E-state index contributed by atoms with van der Waals surface area (Å²) in [6.45, 7) is 5.61. The molecule has 0 fully saturated rings. The molecule has 3 rings (SSSR count). The van der Waals surface area contributed by atoms with Crippen LogP contribution in [0.5, 0.6) is 0 Å². The van der Waals surface area contributed by atoms with Gasteiger partial charge in [0.25, 0.3) is 15.2 Å². The van der Waals surface area contributed by atoms with E-state index in [0.29, 0.717) is 5.69 Å². The fourth-order valence-electron chi connectivity index (χ4n) is 2.45. The lowest BCUT2D eigenvalue weighted by Gasteiger charge is -2.34. The van der Waals surface area contributed by atoms with E-state index in [2.05, 4.69) is 15.0 Å². The number of thiocarbonyl (C=S) groups is 1. The van der Waals surface area contributed by atoms with Crippen molar-refractivity contribution in [3.63, 3.8) is 0 Å². The number of anilines is 2. The summed E-state index contributed by atoms with van der Waals surface area (Å²) < 4.78 is 33.0. The summed E-state index contributed by atoms with van der Waals surface area (Å²) >= 11 is 5.05. The van der Waals surface area contributed by atoms with Gasteiger partial charge in [0.1, 0.15) is 11.4 Å². The third kappa shape index (κ3) is 3.20. The van der Waals surface area contributed by atoms with E-state index in [1.54, 1.807) is 36.5 Å². The number of aryl methyl sites for hydroxylation is 1. The number of sulfonamides is 1. The van der Waals surface area contributed by atoms with Crippen molar-refractivity contribution in [3.8, 4) is 0 Å². The van der Waals surface area contributed by atoms with Gasteiger partial charge in [-0.25, -0.2) is 13.4 Å². The minimum Gasteiger partial charge on any atom is -0.460 e. The molecule has 0 saturated heterocycles. The first-order valence-electron chi connectivity index (χ1n) is 7.27. The fraction of sp³-hybridized carbons (Fsp3) is 0.250. The van der Waals surface area contributed by atoms with Crippen LogP contribution in [0.25, 0.3) is 0 Å². The van der Waals surface area contributed by atoms with Crippen LogP contribution in [0.1, 0.15) is 25.0 Å². The Morgan fingerprint density at radius 3 is 2.58 bits per heavy atom. The first-order valence-corrected chi connectivity index (χ1v) is 9.16. The molecule has 6 nitrogen and oxygen atoms in total. The van der Waals surface area contributed by atoms with Crippen molar-refractivity contribution in [3.05, 3.63) is 47.7 Å². The standard InChI is InChI=1S/C16H17N3O3S2/c1-10-4-6-11(7-5-10)24(20,21)19-14-8-12-13(9-17-14)18-15(23)22-16(12,2)3/h4-9H,1-3H3,(H,17,19)(H,18,23). The predicted molar refractivity (Wildman–Crippen MR) is 96.6 cm³/mol. The number of hydrogen-bond acceptors (Lipinski definition) is 5. The van der Waals surface area contributed by atoms with Crippen molar-refractivity contribution >= 4 is 38.9 Å². The van der Waals surface area contributed by atoms with Crippen LogP contribution in [0, 0.1) is 6.92 Å². The average molecular weight is 363 g/mol. The van der Waals surface area contributed by atoms with Gasteiger partial charge >= 0.3 is 0 Å². The van der Waals surface area contributed by atoms with Crippen LogP contribution in [0.3, 0.4) is 0 Å². The van der Waals surface area contributed by atoms with Crippen molar-refractivity contribution in [2.75, 3.05) is 10.0 Å². The lowest BCUT2D eigenvalue weighted by Crippen LogP contribution is -2.34. The van der Waals surface area contributed by atoms with Gasteiger partial charge in [-0.1, -0.05) is 17.7 Å². The van der Waals surface area contributed by atoms with E-state index >= 15 is 0 Å². The number of aromatic nitrogens is 1. The van der Waals surface area contributed by atoms with Crippen molar-refractivity contribution in [2.45, 2.75) is 31.3 Å². The van der Waals surface area contributed by atoms with Crippen LogP contribution < -0.4 is 10.0 Å². The zero-order valence-electron chi connectivity index (χ0n) is 13.5. The molecule has 2 N–H and O–H groups in total. The van der Waals surface area contributed by atoms with Crippen molar-refractivity contribution in [2.24, 2.45) is 0 Å². The molecule has 0 radical (unpaired) electrons. The Hall–Kier alpha value is -2.19. The molecule has 0 aliphatic carbocycles. The molecule has 1 aliphatic rings. The number of hydrogen-bond donors (Lipinski definition) is 2. The van der Waals surface area contributed by atoms with Crippen LogP contribution >= 0.6 is 12.2 Å². The van der Waals surface area contributed by atoms with Gasteiger partial charge in [-0.05, 0) is 51.2 Å². The second-order valence-corrected chi connectivity index (χ2v) is 8.11. The molecule has 1 aromatic heterocycles. The quantitative estimate of drug-likeness (QED) is 0.816.